The van der Waals surface area contributed by atoms with E-state index < -0.39 is 0 Å². The highest BCUT2D eigenvalue weighted by Gasteiger charge is 2.20. The lowest BCUT2D eigenvalue weighted by atomic mass is 9.95. The predicted molar refractivity (Wildman–Crippen MR) is 246 cm³/mol. The van der Waals surface area contributed by atoms with Crippen LogP contribution in [-0.4, -0.2) is 9.55 Å². The van der Waals surface area contributed by atoms with Gasteiger partial charge >= 0.3 is 0 Å². The summed E-state index contributed by atoms with van der Waals surface area (Å²) in [6, 6.07) is 66.7. The summed E-state index contributed by atoms with van der Waals surface area (Å²) >= 11 is 0. The Kier molecular flexibility index (Phi) is 9.54. The second-order valence-corrected chi connectivity index (χ2v) is 14.9. The highest BCUT2D eigenvalue weighted by Crippen LogP contribution is 2.43. The van der Waals surface area contributed by atoms with Gasteiger partial charge in [0, 0.05) is 34.8 Å². The molecule has 2 heteroatoms. The number of aryl methyl sites for hydroxylation is 3. The molecule has 0 spiro atoms. The van der Waals surface area contributed by atoms with Gasteiger partial charge in [0.15, 0.2) is 0 Å². The Bertz CT molecular complexity index is 3180. The zero-order chi connectivity index (χ0) is 38.9. The van der Waals surface area contributed by atoms with E-state index >= 15 is 0 Å². The van der Waals surface area contributed by atoms with Gasteiger partial charge in [0.05, 0.1) is 16.9 Å². The second-order valence-electron chi connectivity index (χ2n) is 14.9. The van der Waals surface area contributed by atoms with Crippen molar-refractivity contribution in [2.24, 2.45) is 7.05 Å². The Morgan fingerprint density at radius 3 is 1.60 bits per heavy atom. The van der Waals surface area contributed by atoms with Gasteiger partial charge in [-0.15, -0.1) is 0 Å². The van der Waals surface area contributed by atoms with Gasteiger partial charge in [0.25, 0.3) is 0 Å². The smallest absolute Gasteiger partial charge is 0.0780 e. The third kappa shape index (κ3) is 6.60. The molecule has 0 aliphatic carbocycles. The quantitative estimate of drug-likeness (QED) is 0.162. The highest BCUT2D eigenvalue weighted by atomic mass is 15.0. The van der Waals surface area contributed by atoms with E-state index in [4.69, 9.17) is 0 Å². The number of benzene rings is 9. The van der Waals surface area contributed by atoms with E-state index in [1.165, 1.54) is 98.5 Å². The Hall–Kier alpha value is -7.03. The molecule has 0 bridgehead atoms. The number of fused-ring (bicyclic) bond motifs is 9. The molecular weight excluding hydrogens is 689 g/mol. The highest BCUT2D eigenvalue weighted by molar-refractivity contribution is 6.19. The molecule has 0 saturated heterocycles. The molecule has 57 heavy (non-hydrogen) atoms. The van der Waals surface area contributed by atoms with E-state index in [2.05, 4.69) is 219 Å². The van der Waals surface area contributed by atoms with Crippen LogP contribution in [0.25, 0.3) is 87.3 Å². The van der Waals surface area contributed by atoms with Crippen LogP contribution in [0.3, 0.4) is 0 Å². The molecule has 0 amide bonds. The number of hydrogen-bond acceptors (Lipinski definition) is 1. The minimum absolute atomic E-state index is 1.10. The van der Waals surface area contributed by atoms with Gasteiger partial charge < -0.3 is 4.57 Å². The summed E-state index contributed by atoms with van der Waals surface area (Å²) in [5, 5.41) is 14.4. The monoisotopic (exact) mass is 732 g/mol. The minimum atomic E-state index is 1.10. The van der Waals surface area contributed by atoms with Crippen LogP contribution < -0.4 is 0 Å². The lowest BCUT2D eigenvalue weighted by Gasteiger charge is -2.09. The number of pyridine rings is 1. The largest absolute Gasteiger partial charge is 0.343 e. The van der Waals surface area contributed by atoms with Crippen LogP contribution in [0, 0.1) is 20.8 Å². The maximum absolute atomic E-state index is 4.45. The molecular formula is C55H44N2. The normalized spacial score (nSPS) is 11.2. The molecule has 274 valence electrons. The summed E-state index contributed by atoms with van der Waals surface area (Å²) in [5.74, 6) is 0. The van der Waals surface area contributed by atoms with Crippen molar-refractivity contribution in [2.75, 3.05) is 0 Å². The summed E-state index contributed by atoms with van der Waals surface area (Å²) in [5.41, 5.74) is 10.1. The third-order valence-electron chi connectivity index (χ3n) is 11.3. The summed E-state index contributed by atoms with van der Waals surface area (Å²) in [7, 11) is 2.19. The zero-order valence-electron chi connectivity index (χ0n) is 32.9. The zero-order valence-corrected chi connectivity index (χ0v) is 32.9. The first-order valence-corrected chi connectivity index (χ1v) is 19.7. The SMILES string of the molecule is Cc1cc2c(-c3ccccc3)n(C)c(-c3ccccc3)c2c2ccccc12.Cc1cc2cccnc2c2ccccc12.Cc1cccc2c1ccc1ccccc12. The molecule has 0 atom stereocenters. The first-order chi connectivity index (χ1) is 28.0. The number of nitrogens with zero attached hydrogens (tertiary/aromatic N) is 2. The van der Waals surface area contributed by atoms with Gasteiger partial charge in [0.1, 0.15) is 0 Å². The number of rotatable bonds is 2. The summed E-state index contributed by atoms with van der Waals surface area (Å²) in [6.07, 6.45) is 1.85. The van der Waals surface area contributed by atoms with Crippen molar-refractivity contribution < 1.29 is 0 Å². The molecule has 2 nitrogen and oxygen atoms in total. The Balaban J connectivity index is 0.000000120. The average Bonchev–Trinajstić information content (AvgIpc) is 3.56. The van der Waals surface area contributed by atoms with E-state index in [1.807, 2.05) is 12.3 Å². The van der Waals surface area contributed by atoms with Crippen molar-refractivity contribution in [3.63, 3.8) is 0 Å². The van der Waals surface area contributed by atoms with Crippen LogP contribution in [0.2, 0.25) is 0 Å². The summed E-state index contributed by atoms with van der Waals surface area (Å²) in [4.78, 5) is 4.45. The maximum Gasteiger partial charge on any atom is 0.0780 e. The Morgan fingerprint density at radius 1 is 0.351 bits per heavy atom. The second kappa shape index (κ2) is 15.2. The van der Waals surface area contributed by atoms with Crippen LogP contribution in [0.4, 0.5) is 0 Å². The molecule has 0 saturated carbocycles. The fraction of sp³-hybridized carbons (Fsp3) is 0.0727. The third-order valence-corrected chi connectivity index (χ3v) is 11.3. The van der Waals surface area contributed by atoms with Crippen LogP contribution in [0.15, 0.2) is 194 Å². The van der Waals surface area contributed by atoms with Crippen LogP contribution in [0.1, 0.15) is 16.7 Å². The van der Waals surface area contributed by atoms with Gasteiger partial charge in [-0.25, -0.2) is 0 Å². The van der Waals surface area contributed by atoms with E-state index in [1.54, 1.807) is 0 Å². The molecule has 0 aliphatic heterocycles. The van der Waals surface area contributed by atoms with Gasteiger partial charge in [-0.1, -0.05) is 170 Å². The molecule has 0 fully saturated rings. The average molecular weight is 733 g/mol. The van der Waals surface area contributed by atoms with Gasteiger partial charge in [-0.05, 0) is 104 Å². The molecule has 2 heterocycles. The van der Waals surface area contributed by atoms with Crippen LogP contribution >= 0.6 is 0 Å². The van der Waals surface area contributed by atoms with E-state index in [9.17, 15) is 0 Å². The molecule has 11 rings (SSSR count). The van der Waals surface area contributed by atoms with Crippen molar-refractivity contribution in [2.45, 2.75) is 20.8 Å². The van der Waals surface area contributed by atoms with Gasteiger partial charge in [-0.2, -0.15) is 0 Å². The van der Waals surface area contributed by atoms with Crippen molar-refractivity contribution >= 4 is 64.8 Å². The van der Waals surface area contributed by atoms with Crippen molar-refractivity contribution in [1.29, 1.82) is 0 Å². The summed E-state index contributed by atoms with van der Waals surface area (Å²) < 4.78 is 2.36. The topological polar surface area (TPSA) is 17.8 Å². The first-order valence-electron chi connectivity index (χ1n) is 19.7. The van der Waals surface area contributed by atoms with Crippen molar-refractivity contribution in [3.8, 4) is 22.5 Å². The summed E-state index contributed by atoms with van der Waals surface area (Å²) in [6.45, 7) is 6.53. The first kappa shape index (κ1) is 35.7. The Morgan fingerprint density at radius 2 is 0.877 bits per heavy atom. The molecule has 11 aromatic rings. The lowest BCUT2D eigenvalue weighted by Crippen LogP contribution is -1.94. The van der Waals surface area contributed by atoms with Gasteiger partial charge in [0.2, 0.25) is 0 Å². The van der Waals surface area contributed by atoms with E-state index in [0.717, 1.165) is 5.52 Å². The molecule has 0 N–H and O–H groups in total. The molecule has 2 aromatic heterocycles. The molecule has 0 aliphatic rings. The Labute approximate surface area is 334 Å². The van der Waals surface area contributed by atoms with Crippen molar-refractivity contribution in [1.82, 2.24) is 9.55 Å². The van der Waals surface area contributed by atoms with Crippen LogP contribution in [0.5, 0.6) is 0 Å². The van der Waals surface area contributed by atoms with Crippen LogP contribution in [-0.2, 0) is 7.05 Å². The fourth-order valence-electron chi connectivity index (χ4n) is 8.64. The fourth-order valence-corrected chi connectivity index (χ4v) is 8.64. The molecule has 9 aromatic carbocycles. The minimum Gasteiger partial charge on any atom is -0.343 e. The molecule has 0 unspecified atom stereocenters. The standard InChI is InChI=1S/C26H21N.C15H12.C14H11N/c1-18-17-23-24(22-16-10-9-15-21(18)22)26(20-13-7-4-8-14-20)27(2)25(23)19-11-5-3-6-12-19;1-11-5-4-8-15-13(11)10-9-12-6-2-3-7-14(12)15;1-10-9-11-5-4-8-15-14(11)13-7-3-2-6-12(10)13/h3-17H,1-2H3;2-10H,1H3;2-9H,1H3. The van der Waals surface area contributed by atoms with E-state index in [0.29, 0.717) is 0 Å². The maximum atomic E-state index is 4.45. The predicted octanol–water partition coefficient (Wildman–Crippen LogP) is 15.0. The lowest BCUT2D eigenvalue weighted by molar-refractivity contribution is 0.951. The number of hydrogen-bond donors (Lipinski definition) is 0. The number of aromatic nitrogens is 2. The van der Waals surface area contributed by atoms with E-state index in [-0.39, 0.29) is 0 Å². The van der Waals surface area contributed by atoms with Gasteiger partial charge in [-0.3, -0.25) is 4.98 Å². The van der Waals surface area contributed by atoms with Crippen molar-refractivity contribution in [3.05, 3.63) is 211 Å². The molecule has 0 radical (unpaired) electrons.